The summed E-state index contributed by atoms with van der Waals surface area (Å²) in [6.07, 6.45) is -1.85. The third-order valence-corrected chi connectivity index (χ3v) is 6.17. The number of aliphatic hydroxyl groups excluding tert-OH is 1. The molecule has 8 nitrogen and oxygen atoms in total. The Morgan fingerprint density at radius 3 is 2.61 bits per heavy atom. The molecule has 2 aromatic rings. The number of anilines is 2. The van der Waals surface area contributed by atoms with Crippen LogP contribution < -0.4 is 10.0 Å². The van der Waals surface area contributed by atoms with Crippen LogP contribution in [0.25, 0.3) is 11.3 Å². The maximum atomic E-state index is 13.1. The summed E-state index contributed by atoms with van der Waals surface area (Å²) in [5.41, 5.74) is -0.0344. The number of sulfonamides is 1. The molecular formula is C21H28F3N5O3S. The Morgan fingerprint density at radius 1 is 1.27 bits per heavy atom. The first-order valence-corrected chi connectivity index (χ1v) is 12.4. The van der Waals surface area contributed by atoms with Crippen LogP contribution in [-0.2, 0) is 16.2 Å². The van der Waals surface area contributed by atoms with Crippen molar-refractivity contribution in [2.45, 2.75) is 44.9 Å². The van der Waals surface area contributed by atoms with Crippen molar-refractivity contribution in [2.75, 3.05) is 36.0 Å². The molecule has 1 fully saturated rings. The molecule has 1 aromatic carbocycles. The number of nitrogens with one attached hydrogen (secondary N) is 2. The summed E-state index contributed by atoms with van der Waals surface area (Å²) >= 11 is 0. The Bertz CT molecular complexity index is 1100. The van der Waals surface area contributed by atoms with E-state index in [1.54, 1.807) is 13.0 Å². The number of aliphatic hydroxyl groups is 1. The van der Waals surface area contributed by atoms with Gasteiger partial charge >= 0.3 is 6.18 Å². The molecule has 0 saturated carbocycles. The average Bonchev–Trinajstić information content (AvgIpc) is 2.73. The molecule has 1 aliphatic rings. The molecule has 0 amide bonds. The molecule has 1 unspecified atom stereocenters. The summed E-state index contributed by atoms with van der Waals surface area (Å²) in [5, 5.41) is 21.1. The van der Waals surface area contributed by atoms with Crippen molar-refractivity contribution >= 4 is 21.5 Å². The smallest absolute Gasteiger partial charge is 0.395 e. The normalized spacial score (nSPS) is 18.7. The van der Waals surface area contributed by atoms with E-state index in [0.29, 0.717) is 5.82 Å². The molecule has 0 bridgehead atoms. The fourth-order valence-corrected chi connectivity index (χ4v) is 4.39. The van der Waals surface area contributed by atoms with Crippen molar-refractivity contribution in [3.8, 4) is 11.3 Å². The van der Waals surface area contributed by atoms with Gasteiger partial charge in [0, 0.05) is 24.2 Å². The highest BCUT2D eigenvalue weighted by Gasteiger charge is 2.31. The Kier molecular flexibility index (Phi) is 7.49. The van der Waals surface area contributed by atoms with E-state index in [1.165, 1.54) is 6.07 Å². The van der Waals surface area contributed by atoms with E-state index in [9.17, 15) is 26.7 Å². The fourth-order valence-electron chi connectivity index (χ4n) is 3.82. The lowest BCUT2D eigenvalue weighted by atomic mass is 10.0. The van der Waals surface area contributed by atoms with Crippen LogP contribution in [0.3, 0.4) is 0 Å². The summed E-state index contributed by atoms with van der Waals surface area (Å²) in [4.78, 5) is 2.20. The van der Waals surface area contributed by atoms with Gasteiger partial charge in [-0.25, -0.2) is 8.42 Å². The van der Waals surface area contributed by atoms with Gasteiger partial charge in [0.15, 0.2) is 5.82 Å². The van der Waals surface area contributed by atoms with Gasteiger partial charge in [-0.05, 0) is 57.0 Å². The number of halogens is 3. The molecule has 33 heavy (non-hydrogen) atoms. The lowest BCUT2D eigenvalue weighted by Crippen LogP contribution is -2.47. The summed E-state index contributed by atoms with van der Waals surface area (Å²) in [7, 11) is -3.82. The lowest BCUT2D eigenvalue weighted by Gasteiger charge is -2.36. The summed E-state index contributed by atoms with van der Waals surface area (Å²) in [5.74, 6) is 0.548. The molecular weight excluding hydrogens is 459 g/mol. The molecule has 3 rings (SSSR count). The van der Waals surface area contributed by atoms with E-state index in [1.807, 2.05) is 6.92 Å². The number of hydrogen-bond acceptors (Lipinski definition) is 7. The minimum atomic E-state index is -4.62. The van der Waals surface area contributed by atoms with Crippen LogP contribution in [0, 0.1) is 6.92 Å². The van der Waals surface area contributed by atoms with Crippen LogP contribution in [0.1, 0.15) is 30.9 Å². The topological polar surface area (TPSA) is 107 Å². The van der Waals surface area contributed by atoms with E-state index in [0.717, 1.165) is 49.9 Å². The second-order valence-electron chi connectivity index (χ2n) is 8.40. The van der Waals surface area contributed by atoms with Gasteiger partial charge in [0.25, 0.3) is 0 Å². The Balaban J connectivity index is 1.87. The number of piperidine rings is 1. The van der Waals surface area contributed by atoms with Gasteiger partial charge in [-0.3, -0.25) is 9.62 Å². The number of aryl methyl sites for hydroxylation is 1. The second-order valence-corrected chi connectivity index (χ2v) is 10.2. The van der Waals surface area contributed by atoms with Crippen LogP contribution in [0.15, 0.2) is 24.3 Å². The molecule has 1 aliphatic heterocycles. The fraction of sp³-hybridized carbons (Fsp3) is 0.524. The summed E-state index contributed by atoms with van der Waals surface area (Å²) < 4.78 is 65.0. The maximum absolute atomic E-state index is 13.1. The first-order valence-electron chi connectivity index (χ1n) is 10.5. The lowest BCUT2D eigenvalue weighted by molar-refractivity contribution is -0.137. The van der Waals surface area contributed by atoms with E-state index < -0.39 is 21.8 Å². The van der Waals surface area contributed by atoms with Crippen LogP contribution >= 0.6 is 0 Å². The minimum absolute atomic E-state index is 0.0598. The van der Waals surface area contributed by atoms with Gasteiger partial charge < -0.3 is 10.4 Å². The molecule has 1 saturated heterocycles. The minimum Gasteiger partial charge on any atom is -0.395 e. The van der Waals surface area contributed by atoms with Crippen molar-refractivity contribution in [1.29, 1.82) is 0 Å². The Labute approximate surface area is 191 Å². The number of likely N-dealkylation sites (tertiary alicyclic amines) is 1. The van der Waals surface area contributed by atoms with Crippen molar-refractivity contribution in [3.05, 3.63) is 35.4 Å². The van der Waals surface area contributed by atoms with Gasteiger partial charge in [-0.1, -0.05) is 6.07 Å². The predicted octanol–water partition coefficient (Wildman–Crippen LogP) is 3.10. The molecule has 182 valence electrons. The third kappa shape index (κ3) is 6.55. The second kappa shape index (κ2) is 9.82. The first-order chi connectivity index (χ1) is 15.4. The molecule has 0 radical (unpaired) electrons. The maximum Gasteiger partial charge on any atom is 0.416 e. The van der Waals surface area contributed by atoms with Gasteiger partial charge in [-0.15, -0.1) is 10.2 Å². The van der Waals surface area contributed by atoms with Gasteiger partial charge in [0.2, 0.25) is 10.0 Å². The quantitative estimate of drug-likeness (QED) is 0.551. The van der Waals surface area contributed by atoms with Crippen LogP contribution in [-0.4, -0.2) is 66.7 Å². The van der Waals surface area contributed by atoms with Gasteiger partial charge in [0.1, 0.15) is 0 Å². The number of alkyl halides is 3. The van der Waals surface area contributed by atoms with Crippen molar-refractivity contribution in [1.82, 2.24) is 15.1 Å². The van der Waals surface area contributed by atoms with Crippen molar-refractivity contribution < 1.29 is 26.7 Å². The first kappa shape index (κ1) is 25.2. The van der Waals surface area contributed by atoms with E-state index in [-0.39, 0.29) is 35.6 Å². The van der Waals surface area contributed by atoms with Gasteiger partial charge in [0.05, 0.1) is 29.8 Å². The SMILES string of the molecule is Cc1cc(-c2ccc(C(F)(F)F)cc2NS(C)(=O)=O)nnc1N[C@@H]1CCCN(C(C)CO)C1. The number of nitrogens with zero attached hydrogens (tertiary/aromatic N) is 3. The van der Waals surface area contributed by atoms with Crippen molar-refractivity contribution in [3.63, 3.8) is 0 Å². The molecule has 3 N–H and O–H groups in total. The molecule has 0 aliphatic carbocycles. The Hall–Kier alpha value is -2.44. The summed E-state index contributed by atoms with van der Waals surface area (Å²) in [6, 6.07) is 4.64. The highest BCUT2D eigenvalue weighted by Crippen LogP contribution is 2.36. The third-order valence-electron chi connectivity index (χ3n) is 5.58. The number of hydrogen-bond donors (Lipinski definition) is 3. The largest absolute Gasteiger partial charge is 0.416 e. The molecule has 2 atom stereocenters. The molecule has 2 heterocycles. The van der Waals surface area contributed by atoms with Crippen molar-refractivity contribution in [2.24, 2.45) is 0 Å². The van der Waals surface area contributed by atoms with Crippen LogP contribution in [0.2, 0.25) is 0 Å². The number of rotatable bonds is 7. The summed E-state index contributed by atoms with van der Waals surface area (Å²) in [6.45, 7) is 5.50. The van der Waals surface area contributed by atoms with E-state index >= 15 is 0 Å². The number of aromatic nitrogens is 2. The zero-order valence-corrected chi connectivity index (χ0v) is 19.5. The standard InChI is InChI=1S/C21H28F3N5O3S/c1-13-9-18(17-7-6-15(21(22,23)24)10-19(17)28-33(3,31)32)26-27-20(13)25-16-5-4-8-29(11-16)14(2)12-30/h6-7,9-10,14,16,28,30H,4-5,8,11-12H2,1-3H3,(H,25,27)/t14?,16-/m1/s1. The van der Waals surface area contributed by atoms with Crippen LogP contribution in [0.5, 0.6) is 0 Å². The molecule has 12 heteroatoms. The molecule has 1 aromatic heterocycles. The zero-order valence-electron chi connectivity index (χ0n) is 18.6. The number of benzene rings is 1. The van der Waals surface area contributed by atoms with E-state index in [2.05, 4.69) is 25.1 Å². The molecule has 0 spiro atoms. The predicted molar refractivity (Wildman–Crippen MR) is 120 cm³/mol. The highest BCUT2D eigenvalue weighted by atomic mass is 32.2. The monoisotopic (exact) mass is 487 g/mol. The van der Waals surface area contributed by atoms with Crippen LogP contribution in [0.4, 0.5) is 24.7 Å². The highest BCUT2D eigenvalue weighted by molar-refractivity contribution is 7.92. The zero-order chi connectivity index (χ0) is 24.4. The van der Waals surface area contributed by atoms with Gasteiger partial charge in [-0.2, -0.15) is 13.2 Å². The average molecular weight is 488 g/mol. The Morgan fingerprint density at radius 2 is 2.00 bits per heavy atom. The van der Waals surface area contributed by atoms with E-state index in [4.69, 9.17) is 0 Å².